The minimum atomic E-state index is -0.600. The number of carbonyl (C=O) groups is 1. The van der Waals surface area contributed by atoms with Gasteiger partial charge in [-0.3, -0.25) is 4.79 Å². The normalized spacial score (nSPS) is 19.8. The average Bonchev–Trinajstić information content (AvgIpc) is 2.76. The summed E-state index contributed by atoms with van der Waals surface area (Å²) in [6.07, 6.45) is 6.37. The number of carbonyl (C=O) groups excluding carboxylic acids is 1. The van der Waals surface area contributed by atoms with Crippen LogP contribution in [0.1, 0.15) is 65.4 Å². The summed E-state index contributed by atoms with van der Waals surface area (Å²) in [5.41, 5.74) is 3.77. The van der Waals surface area contributed by atoms with E-state index in [1.807, 2.05) is 43.3 Å². The van der Waals surface area contributed by atoms with Crippen LogP contribution in [0.2, 0.25) is 5.02 Å². The highest BCUT2D eigenvalue weighted by atomic mass is 35.5. The van der Waals surface area contributed by atoms with Crippen LogP contribution in [0.4, 0.5) is 0 Å². The van der Waals surface area contributed by atoms with Gasteiger partial charge in [-0.05, 0) is 41.5 Å². The second-order valence-corrected chi connectivity index (χ2v) is 8.86. The molecule has 5 rings (SSSR count). The first-order valence-electron chi connectivity index (χ1n) is 10.8. The van der Waals surface area contributed by atoms with E-state index in [-0.39, 0.29) is 22.8 Å². The average molecular weight is 435 g/mol. The molecular weight excluding hydrogens is 412 g/mol. The largest absolute Gasteiger partial charge is 0.480 e. The van der Waals surface area contributed by atoms with Crippen molar-refractivity contribution in [2.75, 3.05) is 0 Å². The quantitative estimate of drug-likeness (QED) is 0.453. The van der Waals surface area contributed by atoms with E-state index in [4.69, 9.17) is 20.8 Å². The molecule has 158 valence electrons. The van der Waals surface area contributed by atoms with Crippen molar-refractivity contribution in [1.29, 1.82) is 0 Å². The summed E-state index contributed by atoms with van der Waals surface area (Å²) < 4.78 is 12.2. The molecule has 4 nitrogen and oxygen atoms in total. The predicted octanol–water partition coefficient (Wildman–Crippen LogP) is 6.31. The third kappa shape index (κ3) is 3.21. The Hall–Kier alpha value is -2.85. The first-order valence-corrected chi connectivity index (χ1v) is 11.1. The second-order valence-electron chi connectivity index (χ2n) is 8.48. The number of fused-ring (bicyclic) bond motifs is 6. The Balaban J connectivity index is 1.86. The Labute approximate surface area is 185 Å². The molecule has 0 saturated carbocycles. The van der Waals surface area contributed by atoms with Crippen LogP contribution in [0.25, 0.3) is 17.0 Å². The van der Waals surface area contributed by atoms with Crippen LogP contribution < -0.4 is 10.4 Å². The highest BCUT2D eigenvalue weighted by Crippen LogP contribution is 2.47. The van der Waals surface area contributed by atoms with Gasteiger partial charge in [0.2, 0.25) is 0 Å². The minimum absolute atomic E-state index is 0.00746. The topological polar surface area (TPSA) is 56.5 Å². The van der Waals surface area contributed by atoms with E-state index in [2.05, 4.69) is 13.0 Å². The molecule has 1 aliphatic heterocycles. The summed E-state index contributed by atoms with van der Waals surface area (Å²) >= 11 is 6.42. The van der Waals surface area contributed by atoms with Crippen molar-refractivity contribution in [3.8, 4) is 5.75 Å². The number of hydrogen-bond donors (Lipinski definition) is 0. The molecule has 3 aromatic rings. The number of halogens is 1. The lowest BCUT2D eigenvalue weighted by Crippen LogP contribution is -2.22. The van der Waals surface area contributed by atoms with E-state index in [0.29, 0.717) is 40.7 Å². The Bertz CT molecular complexity index is 1290. The molecule has 1 aliphatic carbocycles. The molecule has 0 N–H and O–H groups in total. The molecule has 2 aliphatic rings. The molecule has 1 aromatic heterocycles. The second kappa shape index (κ2) is 7.69. The summed E-state index contributed by atoms with van der Waals surface area (Å²) in [6, 6.07) is 9.96. The molecule has 5 heteroatoms. The van der Waals surface area contributed by atoms with Gasteiger partial charge in [-0.15, -0.1) is 0 Å². The number of ketones is 1. The molecule has 2 heterocycles. The van der Waals surface area contributed by atoms with E-state index < -0.39 is 5.63 Å². The predicted molar refractivity (Wildman–Crippen MR) is 122 cm³/mol. The monoisotopic (exact) mass is 434 g/mol. The van der Waals surface area contributed by atoms with Crippen LogP contribution in [-0.2, 0) is 12.8 Å². The van der Waals surface area contributed by atoms with Gasteiger partial charge in [0.05, 0.1) is 10.9 Å². The summed E-state index contributed by atoms with van der Waals surface area (Å²) in [7, 11) is 0. The molecule has 2 atom stereocenters. The van der Waals surface area contributed by atoms with Crippen molar-refractivity contribution < 1.29 is 13.9 Å². The Morgan fingerprint density at radius 3 is 2.65 bits per heavy atom. The molecule has 0 radical (unpaired) electrons. The maximum Gasteiger partial charge on any atom is 0.355 e. The van der Waals surface area contributed by atoms with Gasteiger partial charge in [-0.1, -0.05) is 68.3 Å². The summed E-state index contributed by atoms with van der Waals surface area (Å²) in [4.78, 5) is 25.7. The number of Topliss-reactive ketones (excluding diaryl/α,β-unsaturated/α-hetero) is 1. The first-order chi connectivity index (χ1) is 15.0. The zero-order chi connectivity index (χ0) is 21.7. The number of ether oxygens (including phenoxy) is 1. The van der Waals surface area contributed by atoms with Gasteiger partial charge in [-0.25, -0.2) is 4.79 Å². The van der Waals surface area contributed by atoms with Crippen molar-refractivity contribution >= 4 is 34.4 Å². The van der Waals surface area contributed by atoms with Gasteiger partial charge >= 0.3 is 5.63 Å². The van der Waals surface area contributed by atoms with E-state index in [0.717, 1.165) is 29.5 Å². The first kappa shape index (κ1) is 20.1. The fraction of sp³-hybridized carbons (Fsp3) is 0.308. The lowest BCUT2D eigenvalue weighted by atomic mass is 9.79. The summed E-state index contributed by atoms with van der Waals surface area (Å²) in [5.74, 6) is 0.880. The van der Waals surface area contributed by atoms with Crippen LogP contribution >= 0.6 is 11.6 Å². The van der Waals surface area contributed by atoms with Crippen molar-refractivity contribution in [3.63, 3.8) is 0 Å². The zero-order valence-electron chi connectivity index (χ0n) is 17.5. The van der Waals surface area contributed by atoms with Crippen molar-refractivity contribution in [2.45, 2.75) is 45.6 Å². The Kier molecular flexibility index (Phi) is 4.98. The van der Waals surface area contributed by atoms with Gasteiger partial charge in [0.1, 0.15) is 16.9 Å². The van der Waals surface area contributed by atoms with Crippen LogP contribution in [-0.4, -0.2) is 5.78 Å². The zero-order valence-corrected chi connectivity index (χ0v) is 18.3. The molecule has 0 saturated heterocycles. The smallest absolute Gasteiger partial charge is 0.355 e. The van der Waals surface area contributed by atoms with Gasteiger partial charge in [-0.2, -0.15) is 0 Å². The molecule has 2 unspecified atom stereocenters. The number of benzene rings is 2. The van der Waals surface area contributed by atoms with E-state index in [9.17, 15) is 9.59 Å². The van der Waals surface area contributed by atoms with E-state index >= 15 is 0 Å². The Morgan fingerprint density at radius 1 is 1.13 bits per heavy atom. The van der Waals surface area contributed by atoms with E-state index in [1.165, 1.54) is 0 Å². The molecule has 0 bridgehead atoms. The minimum Gasteiger partial charge on any atom is -0.480 e. The highest BCUT2D eigenvalue weighted by molar-refractivity contribution is 6.32. The van der Waals surface area contributed by atoms with Crippen LogP contribution in [0.15, 0.2) is 45.6 Å². The molecule has 0 spiro atoms. The highest BCUT2D eigenvalue weighted by Gasteiger charge is 2.34. The SMILES string of the molecule is CCCc1c(Cl)c(=O)oc2c3c(c4c(c12)OC(c1ccccc1)C=C4)CC(C)CC3=O. The maximum absolute atomic E-state index is 13.1. The van der Waals surface area contributed by atoms with Gasteiger partial charge in [0.25, 0.3) is 0 Å². The number of hydrogen-bond acceptors (Lipinski definition) is 4. The molecule has 0 amide bonds. The Morgan fingerprint density at radius 2 is 1.90 bits per heavy atom. The van der Waals surface area contributed by atoms with Gasteiger partial charge in [0.15, 0.2) is 11.4 Å². The lowest BCUT2D eigenvalue weighted by molar-refractivity contribution is 0.0953. The van der Waals surface area contributed by atoms with Crippen molar-refractivity contribution in [2.24, 2.45) is 5.92 Å². The van der Waals surface area contributed by atoms with Crippen molar-refractivity contribution in [3.05, 3.63) is 79.7 Å². The fourth-order valence-electron chi connectivity index (χ4n) is 4.82. The summed E-state index contributed by atoms with van der Waals surface area (Å²) in [6.45, 7) is 4.10. The van der Waals surface area contributed by atoms with Crippen LogP contribution in [0.3, 0.4) is 0 Å². The van der Waals surface area contributed by atoms with Crippen LogP contribution in [0, 0.1) is 5.92 Å². The van der Waals surface area contributed by atoms with E-state index in [1.54, 1.807) is 0 Å². The molecular formula is C26H23ClO4. The lowest BCUT2D eigenvalue weighted by Gasteiger charge is -2.30. The number of aryl methyl sites for hydroxylation is 1. The van der Waals surface area contributed by atoms with Gasteiger partial charge < -0.3 is 9.15 Å². The van der Waals surface area contributed by atoms with Gasteiger partial charge in [0, 0.05) is 12.0 Å². The maximum atomic E-state index is 13.1. The fourth-order valence-corrected chi connectivity index (χ4v) is 5.05. The third-order valence-electron chi connectivity index (χ3n) is 6.17. The summed E-state index contributed by atoms with van der Waals surface area (Å²) in [5, 5.41) is 0.732. The van der Waals surface area contributed by atoms with Crippen LogP contribution in [0.5, 0.6) is 5.75 Å². The molecule has 0 fully saturated rings. The van der Waals surface area contributed by atoms with Crippen molar-refractivity contribution in [1.82, 2.24) is 0 Å². The standard InChI is InChI=1S/C26H23ClO4/c1-3-7-17-22-24-16(10-11-20(30-24)15-8-5-4-6-9-15)18-12-14(2)13-19(28)21(18)25(22)31-26(29)23(17)27/h4-6,8-11,14,20H,3,7,12-13H2,1-2H3. The molecule has 2 aromatic carbocycles. The number of rotatable bonds is 3. The molecule has 31 heavy (non-hydrogen) atoms. The third-order valence-corrected chi connectivity index (χ3v) is 6.55.